The lowest BCUT2D eigenvalue weighted by molar-refractivity contribution is 0.0311. The fourth-order valence-corrected chi connectivity index (χ4v) is 0.749. The van der Waals surface area contributed by atoms with Crippen LogP contribution >= 0.6 is 0 Å². The van der Waals surface area contributed by atoms with Crippen LogP contribution in [0.15, 0.2) is 0 Å². The summed E-state index contributed by atoms with van der Waals surface area (Å²) in [5.74, 6) is 0. The maximum atomic E-state index is 10.4. The molecule has 4 nitrogen and oxygen atoms in total. The van der Waals surface area contributed by atoms with Gasteiger partial charge in [-0.05, 0) is 6.92 Å². The highest BCUT2D eigenvalue weighted by Crippen LogP contribution is 2.06. The summed E-state index contributed by atoms with van der Waals surface area (Å²) in [5, 5.41) is 2.47. The molecule has 9 heavy (non-hydrogen) atoms. The second-order valence-corrected chi connectivity index (χ2v) is 1.91. The number of rotatable bonds is 1. The minimum absolute atomic E-state index is 0.178. The zero-order valence-electron chi connectivity index (χ0n) is 5.38. The predicted molar refractivity (Wildman–Crippen MR) is 29.9 cm³/mol. The van der Waals surface area contributed by atoms with Crippen molar-refractivity contribution in [2.45, 2.75) is 19.3 Å². The molecule has 0 spiro atoms. The van der Waals surface area contributed by atoms with Crippen molar-refractivity contribution in [1.29, 1.82) is 0 Å². The maximum absolute atomic E-state index is 10.4. The third-order valence-electron chi connectivity index (χ3n) is 1.23. The summed E-state index contributed by atoms with van der Waals surface area (Å²) in [6.07, 6.45) is -0.866. The lowest BCUT2D eigenvalue weighted by Crippen LogP contribution is -2.31. The zero-order valence-corrected chi connectivity index (χ0v) is 5.38. The predicted octanol–water partition coefficient (Wildman–Crippen LogP) is 0.0872. The third kappa shape index (κ3) is 1.13. The minimum Gasteiger partial charge on any atom is -0.442 e. The lowest BCUT2D eigenvalue weighted by atomic mass is 10.4. The van der Waals surface area contributed by atoms with Gasteiger partial charge in [0.1, 0.15) is 6.10 Å². The summed E-state index contributed by atoms with van der Waals surface area (Å²) >= 11 is 0. The van der Waals surface area contributed by atoms with E-state index >= 15 is 0 Å². The Labute approximate surface area is 53.1 Å². The lowest BCUT2D eigenvalue weighted by Gasteiger charge is -2.08. The van der Waals surface area contributed by atoms with Crippen LogP contribution in [0.5, 0.6) is 0 Å². The van der Waals surface area contributed by atoms with E-state index in [4.69, 9.17) is 4.74 Å². The van der Waals surface area contributed by atoms with Crippen LogP contribution in [0.4, 0.5) is 4.79 Å². The Balaban J connectivity index is 2.47. The molecule has 2 atom stereocenters. The first-order valence-electron chi connectivity index (χ1n) is 2.74. The molecule has 1 aliphatic rings. The van der Waals surface area contributed by atoms with Crippen molar-refractivity contribution in [2.24, 2.45) is 0 Å². The van der Waals surface area contributed by atoms with E-state index in [-0.39, 0.29) is 12.3 Å². The summed E-state index contributed by atoms with van der Waals surface area (Å²) < 4.78 is 9.53. The average Bonchev–Trinajstić information content (AvgIpc) is 2.10. The van der Waals surface area contributed by atoms with Gasteiger partial charge in [-0.2, -0.15) is 0 Å². The summed E-state index contributed by atoms with van der Waals surface area (Å²) in [4.78, 5) is 10.4. The topological polar surface area (TPSA) is 47.6 Å². The highest BCUT2D eigenvalue weighted by Gasteiger charge is 2.29. The molecule has 1 saturated heterocycles. The molecule has 0 bridgehead atoms. The van der Waals surface area contributed by atoms with Crippen molar-refractivity contribution < 1.29 is 14.3 Å². The summed E-state index contributed by atoms with van der Waals surface area (Å²) in [5.41, 5.74) is 0. The Hall–Kier alpha value is -0.770. The Bertz CT molecular complexity index is 125. The molecule has 1 aliphatic heterocycles. The molecule has 1 fully saturated rings. The monoisotopic (exact) mass is 131 g/mol. The molecule has 0 radical (unpaired) electrons. The Kier molecular flexibility index (Phi) is 1.57. The van der Waals surface area contributed by atoms with Crippen molar-refractivity contribution in [1.82, 2.24) is 5.32 Å². The van der Waals surface area contributed by atoms with E-state index in [0.29, 0.717) is 0 Å². The molecular weight excluding hydrogens is 122 g/mol. The quantitative estimate of drug-likeness (QED) is 0.548. The molecular formula is C5H9NO3. The van der Waals surface area contributed by atoms with Crippen LogP contribution in [-0.4, -0.2) is 25.5 Å². The summed E-state index contributed by atoms with van der Waals surface area (Å²) in [6.45, 7) is 1.77. The van der Waals surface area contributed by atoms with E-state index in [1.165, 1.54) is 7.11 Å². The first-order chi connectivity index (χ1) is 4.24. The smallest absolute Gasteiger partial charge is 0.409 e. The number of nitrogens with one attached hydrogen (secondary N) is 1. The maximum Gasteiger partial charge on any atom is 0.409 e. The molecule has 1 rings (SSSR count). The second kappa shape index (κ2) is 2.23. The van der Waals surface area contributed by atoms with Gasteiger partial charge >= 0.3 is 6.09 Å². The molecule has 4 heteroatoms. The van der Waals surface area contributed by atoms with Crippen molar-refractivity contribution in [3.63, 3.8) is 0 Å². The summed E-state index contributed by atoms with van der Waals surface area (Å²) in [7, 11) is 1.52. The number of ether oxygens (including phenoxy) is 2. The van der Waals surface area contributed by atoms with Gasteiger partial charge in [-0.3, -0.25) is 5.32 Å². The van der Waals surface area contributed by atoms with E-state index < -0.39 is 6.09 Å². The SMILES string of the molecule is CO[C@@H]1NC(=O)O[C@@H]1C. The van der Waals surface area contributed by atoms with Crippen molar-refractivity contribution in [3.05, 3.63) is 0 Å². The van der Waals surface area contributed by atoms with Gasteiger partial charge in [-0.1, -0.05) is 0 Å². The minimum atomic E-state index is -0.408. The van der Waals surface area contributed by atoms with Crippen molar-refractivity contribution >= 4 is 6.09 Å². The number of carbonyl (C=O) groups excluding carboxylic acids is 1. The van der Waals surface area contributed by atoms with Crippen LogP contribution in [0.3, 0.4) is 0 Å². The molecule has 1 N–H and O–H groups in total. The van der Waals surface area contributed by atoms with Crippen LogP contribution < -0.4 is 5.32 Å². The largest absolute Gasteiger partial charge is 0.442 e. The molecule has 52 valence electrons. The van der Waals surface area contributed by atoms with Gasteiger partial charge in [0.15, 0.2) is 6.23 Å². The van der Waals surface area contributed by atoms with Crippen LogP contribution in [-0.2, 0) is 9.47 Å². The number of amides is 1. The standard InChI is InChI=1S/C5H9NO3/c1-3-4(8-2)6-5(7)9-3/h3-4H,1-2H3,(H,6,7)/t3-,4+/m1/s1. The molecule has 1 heterocycles. The van der Waals surface area contributed by atoms with Gasteiger partial charge in [0, 0.05) is 7.11 Å². The molecule has 1 amide bonds. The zero-order chi connectivity index (χ0) is 6.85. The number of alkyl carbamates (subject to hydrolysis) is 1. The van der Waals surface area contributed by atoms with Crippen LogP contribution in [0.25, 0.3) is 0 Å². The van der Waals surface area contributed by atoms with Gasteiger partial charge in [0.25, 0.3) is 0 Å². The van der Waals surface area contributed by atoms with E-state index in [0.717, 1.165) is 0 Å². The molecule has 0 aliphatic carbocycles. The molecule has 0 saturated carbocycles. The van der Waals surface area contributed by atoms with Gasteiger partial charge in [0.2, 0.25) is 0 Å². The van der Waals surface area contributed by atoms with Gasteiger partial charge < -0.3 is 9.47 Å². The van der Waals surface area contributed by atoms with Gasteiger partial charge in [-0.25, -0.2) is 4.79 Å². The van der Waals surface area contributed by atoms with Gasteiger partial charge in [-0.15, -0.1) is 0 Å². The molecule has 0 aromatic carbocycles. The van der Waals surface area contributed by atoms with E-state index in [2.05, 4.69) is 10.1 Å². The first kappa shape index (κ1) is 6.35. The van der Waals surface area contributed by atoms with E-state index in [1.807, 2.05) is 0 Å². The highest BCUT2D eigenvalue weighted by molar-refractivity contribution is 5.69. The summed E-state index contributed by atoms with van der Waals surface area (Å²) in [6, 6.07) is 0. The highest BCUT2D eigenvalue weighted by atomic mass is 16.6. The van der Waals surface area contributed by atoms with Crippen LogP contribution in [0, 0.1) is 0 Å². The fraction of sp³-hybridized carbons (Fsp3) is 0.800. The Morgan fingerprint density at radius 2 is 2.44 bits per heavy atom. The average molecular weight is 131 g/mol. The number of cyclic esters (lactones) is 1. The normalized spacial score (nSPS) is 33.8. The third-order valence-corrected chi connectivity index (χ3v) is 1.23. The second-order valence-electron chi connectivity index (χ2n) is 1.91. The number of carbonyl (C=O) groups is 1. The van der Waals surface area contributed by atoms with Crippen molar-refractivity contribution in [2.75, 3.05) is 7.11 Å². The van der Waals surface area contributed by atoms with Crippen LogP contribution in [0.1, 0.15) is 6.92 Å². The van der Waals surface area contributed by atoms with Crippen LogP contribution in [0.2, 0.25) is 0 Å². The Morgan fingerprint density at radius 3 is 2.67 bits per heavy atom. The molecule has 0 unspecified atom stereocenters. The molecule has 0 aromatic heterocycles. The fourth-order valence-electron chi connectivity index (χ4n) is 0.749. The number of methoxy groups -OCH3 is 1. The number of hydrogen-bond acceptors (Lipinski definition) is 3. The first-order valence-corrected chi connectivity index (χ1v) is 2.74. The Morgan fingerprint density at radius 1 is 1.78 bits per heavy atom. The van der Waals surface area contributed by atoms with Crippen molar-refractivity contribution in [3.8, 4) is 0 Å². The van der Waals surface area contributed by atoms with E-state index in [9.17, 15) is 4.79 Å². The number of hydrogen-bond donors (Lipinski definition) is 1. The molecule has 0 aromatic rings. The van der Waals surface area contributed by atoms with Gasteiger partial charge in [0.05, 0.1) is 0 Å². The van der Waals surface area contributed by atoms with E-state index in [1.54, 1.807) is 6.92 Å².